The topological polar surface area (TPSA) is 66.8 Å². The number of likely N-dealkylation sites (tertiary alicyclic amines) is 1. The number of ether oxygens (including phenoxy) is 1. The molecule has 0 aliphatic carbocycles. The Morgan fingerprint density at radius 1 is 1.47 bits per heavy atom. The fourth-order valence-electron chi connectivity index (χ4n) is 1.99. The van der Waals surface area contributed by atoms with Crippen LogP contribution in [0.2, 0.25) is 0 Å². The van der Waals surface area contributed by atoms with Gasteiger partial charge in [-0.05, 0) is 18.3 Å². The van der Waals surface area contributed by atoms with Crippen molar-refractivity contribution in [2.24, 2.45) is 5.41 Å². The molecule has 0 bridgehead atoms. The highest BCUT2D eigenvalue weighted by Gasteiger charge is 2.34. The quantitative estimate of drug-likeness (QED) is 0.763. The van der Waals surface area contributed by atoms with E-state index < -0.39 is 5.97 Å². The molecule has 0 spiro atoms. The van der Waals surface area contributed by atoms with Crippen LogP contribution in [-0.2, 0) is 9.53 Å². The maximum absolute atomic E-state index is 11.5. The van der Waals surface area contributed by atoms with E-state index >= 15 is 0 Å². The van der Waals surface area contributed by atoms with Crippen molar-refractivity contribution >= 4 is 12.1 Å². The van der Waals surface area contributed by atoms with Crippen LogP contribution in [0.4, 0.5) is 4.79 Å². The summed E-state index contributed by atoms with van der Waals surface area (Å²) in [5, 5.41) is 8.81. The van der Waals surface area contributed by atoms with Gasteiger partial charge in [0.25, 0.3) is 0 Å². The van der Waals surface area contributed by atoms with Gasteiger partial charge in [-0.25, -0.2) is 4.79 Å². The lowest BCUT2D eigenvalue weighted by Crippen LogP contribution is -2.43. The Morgan fingerprint density at radius 2 is 2.06 bits per heavy atom. The van der Waals surface area contributed by atoms with Crippen LogP contribution in [-0.4, -0.2) is 41.8 Å². The van der Waals surface area contributed by atoms with Gasteiger partial charge in [0, 0.05) is 13.1 Å². The molecule has 1 saturated heterocycles. The van der Waals surface area contributed by atoms with Crippen molar-refractivity contribution in [2.75, 3.05) is 19.7 Å². The number of carbonyl (C=O) groups excluding carboxylic acids is 1. The normalized spacial score (nSPS) is 18.5. The first-order chi connectivity index (χ1) is 7.97. The zero-order valence-corrected chi connectivity index (χ0v) is 10.1. The molecule has 17 heavy (non-hydrogen) atoms. The van der Waals surface area contributed by atoms with Gasteiger partial charge in [0.1, 0.15) is 6.61 Å². The largest absolute Gasteiger partial charge is 0.481 e. The highest BCUT2D eigenvalue weighted by molar-refractivity contribution is 5.69. The predicted molar refractivity (Wildman–Crippen MR) is 62.7 cm³/mol. The van der Waals surface area contributed by atoms with Gasteiger partial charge in [-0.1, -0.05) is 19.6 Å². The van der Waals surface area contributed by atoms with Gasteiger partial charge in [0.2, 0.25) is 0 Å². The van der Waals surface area contributed by atoms with E-state index in [1.165, 1.54) is 6.08 Å². The van der Waals surface area contributed by atoms with E-state index in [1.54, 1.807) is 4.90 Å². The molecule has 1 N–H and O–H groups in total. The molecular weight excluding hydrogens is 222 g/mol. The van der Waals surface area contributed by atoms with Crippen molar-refractivity contribution in [1.29, 1.82) is 0 Å². The zero-order valence-electron chi connectivity index (χ0n) is 10.1. The van der Waals surface area contributed by atoms with Gasteiger partial charge < -0.3 is 14.7 Å². The zero-order chi connectivity index (χ0) is 12.9. The number of carbonyl (C=O) groups is 2. The minimum atomic E-state index is -0.782. The number of hydrogen-bond donors (Lipinski definition) is 1. The molecule has 0 unspecified atom stereocenters. The molecule has 0 radical (unpaired) electrons. The number of aliphatic carboxylic acids is 1. The van der Waals surface area contributed by atoms with Crippen LogP contribution in [0.3, 0.4) is 0 Å². The second kappa shape index (κ2) is 5.70. The Labute approximate surface area is 101 Å². The highest BCUT2D eigenvalue weighted by atomic mass is 16.6. The number of carboxylic acid groups (broad SMARTS) is 1. The van der Waals surface area contributed by atoms with E-state index in [2.05, 4.69) is 6.58 Å². The van der Waals surface area contributed by atoms with E-state index in [-0.39, 0.29) is 24.5 Å². The van der Waals surface area contributed by atoms with Crippen LogP contribution < -0.4 is 0 Å². The van der Waals surface area contributed by atoms with Crippen molar-refractivity contribution in [3.8, 4) is 0 Å². The Bertz CT molecular complexity index is 306. The standard InChI is InChI=1S/C12H19NO4/c1-3-8-17-11(16)13-6-4-12(2,5-7-13)9-10(14)15/h3H,1,4-9H2,2H3,(H,14,15). The average Bonchev–Trinajstić information content (AvgIpc) is 2.25. The van der Waals surface area contributed by atoms with Crippen molar-refractivity contribution in [2.45, 2.75) is 26.2 Å². The van der Waals surface area contributed by atoms with E-state index in [9.17, 15) is 9.59 Å². The van der Waals surface area contributed by atoms with Crippen LogP contribution >= 0.6 is 0 Å². The summed E-state index contributed by atoms with van der Waals surface area (Å²) in [7, 11) is 0. The van der Waals surface area contributed by atoms with Gasteiger partial charge in [0.15, 0.2) is 0 Å². The van der Waals surface area contributed by atoms with E-state index in [0.29, 0.717) is 25.9 Å². The number of piperidine rings is 1. The van der Waals surface area contributed by atoms with Crippen LogP contribution in [0.5, 0.6) is 0 Å². The Balaban J connectivity index is 2.41. The second-order valence-electron chi connectivity index (χ2n) is 4.73. The molecule has 5 heteroatoms. The van der Waals surface area contributed by atoms with Gasteiger partial charge >= 0.3 is 12.1 Å². The lowest BCUT2D eigenvalue weighted by atomic mass is 9.78. The van der Waals surface area contributed by atoms with Crippen molar-refractivity contribution < 1.29 is 19.4 Å². The molecule has 1 aliphatic heterocycles. The SMILES string of the molecule is C=CCOC(=O)N1CCC(C)(CC(=O)O)CC1. The molecule has 1 fully saturated rings. The number of rotatable bonds is 4. The third-order valence-electron chi connectivity index (χ3n) is 3.13. The molecule has 0 saturated carbocycles. The molecule has 1 aliphatic rings. The number of carboxylic acids is 1. The Morgan fingerprint density at radius 3 is 2.53 bits per heavy atom. The van der Waals surface area contributed by atoms with E-state index in [1.807, 2.05) is 6.92 Å². The molecule has 96 valence electrons. The van der Waals surface area contributed by atoms with Crippen LogP contribution in [0.15, 0.2) is 12.7 Å². The molecule has 0 aromatic heterocycles. The van der Waals surface area contributed by atoms with Gasteiger partial charge in [-0.15, -0.1) is 0 Å². The van der Waals surface area contributed by atoms with E-state index in [4.69, 9.17) is 9.84 Å². The molecule has 0 aromatic rings. The maximum Gasteiger partial charge on any atom is 0.410 e. The maximum atomic E-state index is 11.5. The summed E-state index contributed by atoms with van der Waals surface area (Å²) in [4.78, 5) is 23.9. The first kappa shape index (κ1) is 13.5. The van der Waals surface area contributed by atoms with Gasteiger partial charge in [-0.2, -0.15) is 0 Å². The molecule has 0 atom stereocenters. The third-order valence-corrected chi connectivity index (χ3v) is 3.13. The molecule has 1 rings (SSSR count). The predicted octanol–water partition coefficient (Wildman–Crippen LogP) is 1.89. The van der Waals surface area contributed by atoms with E-state index in [0.717, 1.165) is 0 Å². The second-order valence-corrected chi connectivity index (χ2v) is 4.73. The smallest absolute Gasteiger partial charge is 0.410 e. The summed E-state index contributed by atoms with van der Waals surface area (Å²) in [6.45, 7) is 6.75. The fourth-order valence-corrected chi connectivity index (χ4v) is 1.99. The number of nitrogens with zero attached hydrogens (tertiary/aromatic N) is 1. The number of amides is 1. The summed E-state index contributed by atoms with van der Waals surface area (Å²) in [5.41, 5.74) is -0.207. The summed E-state index contributed by atoms with van der Waals surface area (Å²) >= 11 is 0. The molecule has 0 aromatic carbocycles. The Kier molecular flexibility index (Phi) is 4.54. The summed E-state index contributed by atoms with van der Waals surface area (Å²) in [6.07, 6.45) is 2.73. The first-order valence-electron chi connectivity index (χ1n) is 5.71. The summed E-state index contributed by atoms with van der Waals surface area (Å²) in [6, 6.07) is 0. The molecule has 5 nitrogen and oxygen atoms in total. The lowest BCUT2D eigenvalue weighted by Gasteiger charge is -2.37. The minimum absolute atomic E-state index is 0.155. The minimum Gasteiger partial charge on any atom is -0.481 e. The van der Waals surface area contributed by atoms with Gasteiger partial charge in [0.05, 0.1) is 6.42 Å². The third kappa shape index (κ3) is 4.09. The lowest BCUT2D eigenvalue weighted by molar-refractivity contribution is -0.140. The molecule has 1 amide bonds. The van der Waals surface area contributed by atoms with Crippen LogP contribution in [0.25, 0.3) is 0 Å². The Hall–Kier alpha value is -1.52. The summed E-state index contributed by atoms with van der Waals surface area (Å²) < 4.78 is 4.93. The monoisotopic (exact) mass is 241 g/mol. The fraction of sp³-hybridized carbons (Fsp3) is 0.667. The molecular formula is C12H19NO4. The van der Waals surface area contributed by atoms with Crippen molar-refractivity contribution in [3.05, 3.63) is 12.7 Å². The van der Waals surface area contributed by atoms with Crippen molar-refractivity contribution in [3.63, 3.8) is 0 Å². The van der Waals surface area contributed by atoms with Gasteiger partial charge in [-0.3, -0.25) is 4.79 Å². The first-order valence-corrected chi connectivity index (χ1v) is 5.71. The highest BCUT2D eigenvalue weighted by Crippen LogP contribution is 2.34. The average molecular weight is 241 g/mol. The number of hydrogen-bond acceptors (Lipinski definition) is 3. The van der Waals surface area contributed by atoms with Crippen LogP contribution in [0.1, 0.15) is 26.2 Å². The molecule has 1 heterocycles. The summed E-state index contributed by atoms with van der Waals surface area (Å²) in [5.74, 6) is -0.782. The van der Waals surface area contributed by atoms with Crippen LogP contribution in [0, 0.1) is 5.41 Å². The van der Waals surface area contributed by atoms with Crippen molar-refractivity contribution in [1.82, 2.24) is 4.90 Å².